The average Bonchev–Trinajstić information content (AvgIpc) is 2.49. The lowest BCUT2D eigenvalue weighted by molar-refractivity contribution is 0.269. The van der Waals surface area contributed by atoms with Crippen LogP contribution in [0.1, 0.15) is 42.9 Å². The van der Waals surface area contributed by atoms with Crippen LogP contribution in [0.25, 0.3) is 0 Å². The number of benzene rings is 1. The molecule has 0 atom stereocenters. The van der Waals surface area contributed by atoms with Crippen LogP contribution in [0.2, 0.25) is 0 Å². The van der Waals surface area contributed by atoms with E-state index in [0.717, 1.165) is 36.0 Å². The molecule has 21 heavy (non-hydrogen) atoms. The molecule has 0 aromatic heterocycles. The van der Waals surface area contributed by atoms with Crippen LogP contribution in [0, 0.1) is 19.8 Å². The summed E-state index contributed by atoms with van der Waals surface area (Å²) in [6.45, 7) is 7.62. The van der Waals surface area contributed by atoms with Crippen LogP contribution < -0.4 is 5.73 Å². The third-order valence-corrected chi connectivity index (χ3v) is 6.71. The van der Waals surface area contributed by atoms with E-state index in [4.69, 9.17) is 5.73 Å². The molecule has 0 saturated carbocycles. The summed E-state index contributed by atoms with van der Waals surface area (Å²) in [5.41, 5.74) is 8.39. The first kappa shape index (κ1) is 16.5. The van der Waals surface area contributed by atoms with Gasteiger partial charge in [-0.15, -0.1) is 0 Å². The minimum absolute atomic E-state index is 0.363. The summed E-state index contributed by atoms with van der Waals surface area (Å²) >= 11 is 0. The quantitative estimate of drug-likeness (QED) is 0.929. The van der Waals surface area contributed by atoms with Gasteiger partial charge >= 0.3 is 0 Å². The highest BCUT2D eigenvalue weighted by Crippen LogP contribution is 2.28. The Kier molecular flexibility index (Phi) is 5.07. The van der Waals surface area contributed by atoms with Gasteiger partial charge in [-0.3, -0.25) is 0 Å². The number of hydrogen-bond acceptors (Lipinski definition) is 3. The fourth-order valence-corrected chi connectivity index (χ4v) is 4.80. The van der Waals surface area contributed by atoms with Gasteiger partial charge in [-0.25, -0.2) is 8.42 Å². The molecular formula is C16H26N2O2S. The van der Waals surface area contributed by atoms with E-state index in [1.54, 1.807) is 10.4 Å². The predicted molar refractivity (Wildman–Crippen MR) is 85.6 cm³/mol. The third kappa shape index (κ3) is 3.30. The van der Waals surface area contributed by atoms with Gasteiger partial charge in [0.25, 0.3) is 0 Å². The molecule has 5 heteroatoms. The molecular weight excluding hydrogens is 284 g/mol. The van der Waals surface area contributed by atoms with Crippen LogP contribution in [0.5, 0.6) is 0 Å². The van der Waals surface area contributed by atoms with E-state index in [1.807, 2.05) is 19.9 Å². The predicted octanol–water partition coefficient (Wildman–Crippen LogP) is 2.57. The van der Waals surface area contributed by atoms with Gasteiger partial charge in [0.05, 0.1) is 4.90 Å². The number of piperidine rings is 1. The Balaban J connectivity index is 2.34. The van der Waals surface area contributed by atoms with Gasteiger partial charge in [-0.1, -0.05) is 19.4 Å². The normalized spacial score (nSPS) is 18.1. The van der Waals surface area contributed by atoms with Crippen LogP contribution in [0.4, 0.5) is 0 Å². The molecule has 118 valence electrons. The van der Waals surface area contributed by atoms with Crippen molar-refractivity contribution in [3.05, 3.63) is 28.8 Å². The van der Waals surface area contributed by atoms with Crippen molar-refractivity contribution >= 4 is 10.0 Å². The average molecular weight is 310 g/mol. The topological polar surface area (TPSA) is 63.4 Å². The molecule has 0 amide bonds. The second kappa shape index (κ2) is 6.46. The number of hydrogen-bond donors (Lipinski definition) is 1. The summed E-state index contributed by atoms with van der Waals surface area (Å²) in [5, 5.41) is 0. The molecule has 1 saturated heterocycles. The number of sulfonamides is 1. The highest BCUT2D eigenvalue weighted by atomic mass is 32.2. The maximum atomic E-state index is 12.9. The Hall–Kier alpha value is -0.910. The zero-order valence-corrected chi connectivity index (χ0v) is 14.0. The summed E-state index contributed by atoms with van der Waals surface area (Å²) < 4.78 is 27.5. The maximum Gasteiger partial charge on any atom is 0.243 e. The molecule has 1 aliphatic rings. The minimum atomic E-state index is -3.40. The lowest BCUT2D eigenvalue weighted by atomic mass is 9.96. The number of aryl methyl sites for hydroxylation is 1. The van der Waals surface area contributed by atoms with Crippen molar-refractivity contribution in [2.75, 3.05) is 13.1 Å². The van der Waals surface area contributed by atoms with E-state index < -0.39 is 10.0 Å². The lowest BCUT2D eigenvalue weighted by Crippen LogP contribution is -2.38. The highest BCUT2D eigenvalue weighted by molar-refractivity contribution is 7.89. The molecule has 1 fully saturated rings. The molecule has 1 aliphatic heterocycles. The minimum Gasteiger partial charge on any atom is -0.326 e. The number of rotatable bonds is 4. The van der Waals surface area contributed by atoms with E-state index in [-0.39, 0.29) is 0 Å². The molecule has 2 rings (SSSR count). The van der Waals surface area contributed by atoms with Crippen LogP contribution in [-0.4, -0.2) is 25.8 Å². The smallest absolute Gasteiger partial charge is 0.243 e. The monoisotopic (exact) mass is 310 g/mol. The first-order chi connectivity index (χ1) is 9.90. The van der Waals surface area contributed by atoms with E-state index in [2.05, 4.69) is 6.92 Å². The Morgan fingerprint density at radius 3 is 2.38 bits per heavy atom. The highest BCUT2D eigenvalue weighted by Gasteiger charge is 2.30. The molecule has 2 N–H and O–H groups in total. The van der Waals surface area contributed by atoms with Crippen molar-refractivity contribution < 1.29 is 8.42 Å². The summed E-state index contributed by atoms with van der Waals surface area (Å²) in [7, 11) is -3.40. The summed E-state index contributed by atoms with van der Waals surface area (Å²) in [6.07, 6.45) is 3.06. The van der Waals surface area contributed by atoms with Crippen molar-refractivity contribution in [2.45, 2.75) is 51.5 Å². The Morgan fingerprint density at radius 1 is 1.24 bits per heavy atom. The van der Waals surface area contributed by atoms with Crippen LogP contribution >= 0.6 is 0 Å². The molecule has 0 aliphatic carbocycles. The van der Waals surface area contributed by atoms with Gasteiger partial charge in [0.2, 0.25) is 10.0 Å². The van der Waals surface area contributed by atoms with Crippen LogP contribution in [0.3, 0.4) is 0 Å². The lowest BCUT2D eigenvalue weighted by Gasteiger charge is -2.31. The molecule has 1 aromatic carbocycles. The molecule has 0 unspecified atom stereocenters. The van der Waals surface area contributed by atoms with Gasteiger partial charge in [0.15, 0.2) is 0 Å². The first-order valence-electron chi connectivity index (χ1n) is 7.70. The summed E-state index contributed by atoms with van der Waals surface area (Å²) in [6, 6.07) is 3.71. The Morgan fingerprint density at radius 2 is 1.86 bits per heavy atom. The van der Waals surface area contributed by atoms with Crippen LogP contribution in [-0.2, 0) is 16.6 Å². The molecule has 4 nitrogen and oxygen atoms in total. The number of nitrogens with zero attached hydrogens (tertiary/aromatic N) is 1. The largest absolute Gasteiger partial charge is 0.326 e. The van der Waals surface area contributed by atoms with Crippen molar-refractivity contribution in [2.24, 2.45) is 11.7 Å². The molecule has 1 heterocycles. The second-order valence-electron chi connectivity index (χ2n) is 6.00. The van der Waals surface area contributed by atoms with Gasteiger partial charge in [-0.05, 0) is 55.4 Å². The zero-order chi connectivity index (χ0) is 15.6. The Labute approximate surface area is 128 Å². The van der Waals surface area contributed by atoms with Crippen molar-refractivity contribution in [1.29, 1.82) is 0 Å². The summed E-state index contributed by atoms with van der Waals surface area (Å²) in [4.78, 5) is 0.429. The fourth-order valence-electron chi connectivity index (χ4n) is 2.98. The van der Waals surface area contributed by atoms with E-state index in [1.165, 1.54) is 0 Å². The molecule has 0 bridgehead atoms. The van der Waals surface area contributed by atoms with E-state index in [0.29, 0.717) is 30.4 Å². The summed E-state index contributed by atoms with van der Waals surface area (Å²) in [5.74, 6) is 0.662. The standard InChI is InChI=1S/C16H26N2O2S/c1-4-14-5-7-18(8-6-14)21(19,20)16-10-15(11-17)9-12(2)13(16)3/h9-10,14H,4-8,11,17H2,1-3H3. The van der Waals surface area contributed by atoms with Gasteiger partial charge in [0.1, 0.15) is 0 Å². The molecule has 1 aromatic rings. The second-order valence-corrected chi connectivity index (χ2v) is 7.90. The van der Waals surface area contributed by atoms with E-state index >= 15 is 0 Å². The zero-order valence-electron chi connectivity index (χ0n) is 13.2. The van der Waals surface area contributed by atoms with Crippen molar-refractivity contribution in [3.63, 3.8) is 0 Å². The van der Waals surface area contributed by atoms with E-state index in [9.17, 15) is 8.42 Å². The van der Waals surface area contributed by atoms with Gasteiger partial charge < -0.3 is 5.73 Å². The van der Waals surface area contributed by atoms with Gasteiger partial charge in [0, 0.05) is 19.6 Å². The number of nitrogens with two attached hydrogens (primary N) is 1. The van der Waals surface area contributed by atoms with Crippen LogP contribution in [0.15, 0.2) is 17.0 Å². The third-order valence-electron chi connectivity index (χ3n) is 4.68. The first-order valence-corrected chi connectivity index (χ1v) is 9.14. The van der Waals surface area contributed by atoms with Crippen molar-refractivity contribution in [1.82, 2.24) is 4.31 Å². The van der Waals surface area contributed by atoms with Gasteiger partial charge in [-0.2, -0.15) is 4.31 Å². The SMILES string of the molecule is CCC1CCN(S(=O)(=O)c2cc(CN)cc(C)c2C)CC1. The fraction of sp³-hybridized carbons (Fsp3) is 0.625. The maximum absolute atomic E-state index is 12.9. The molecule has 0 spiro atoms. The molecule has 0 radical (unpaired) electrons. The van der Waals surface area contributed by atoms with Crippen molar-refractivity contribution in [3.8, 4) is 0 Å². The Bertz CT molecular complexity index is 603.